The average Bonchev–Trinajstić information content (AvgIpc) is 2.59. The highest BCUT2D eigenvalue weighted by atomic mass is 16.5. The van der Waals surface area contributed by atoms with E-state index in [1.807, 2.05) is 38.1 Å². The quantitative estimate of drug-likeness (QED) is 0.786. The lowest BCUT2D eigenvalue weighted by molar-refractivity contribution is -0.122. The van der Waals surface area contributed by atoms with Crippen molar-refractivity contribution in [2.24, 2.45) is 0 Å². The van der Waals surface area contributed by atoms with Crippen LogP contribution in [0.15, 0.2) is 36.4 Å². The second-order valence-electron chi connectivity index (χ2n) is 6.63. The van der Waals surface area contributed by atoms with Gasteiger partial charge in [0.15, 0.2) is 6.10 Å². The molecule has 136 valence electrons. The molecule has 2 aromatic rings. The van der Waals surface area contributed by atoms with Crippen LogP contribution in [0.5, 0.6) is 5.75 Å². The smallest absolute Gasteiger partial charge is 0.265 e. The average molecular weight is 353 g/mol. The summed E-state index contributed by atoms with van der Waals surface area (Å²) in [5, 5.41) is 8.91. The third kappa shape index (κ3) is 3.79. The van der Waals surface area contributed by atoms with Crippen molar-refractivity contribution in [3.8, 4) is 5.75 Å². The molecule has 1 aliphatic heterocycles. The minimum absolute atomic E-state index is 0.134. The number of carbonyl (C=O) groups is 2. The van der Waals surface area contributed by atoms with Gasteiger partial charge in [-0.25, -0.2) is 0 Å². The SMILES string of the molecule is Cc1ccc(C)c(NC(=O)[C@@H](C)Nc2ccc3c(c2)NC(=O)[C@H](C)O3)c1. The molecule has 0 fully saturated rings. The van der Waals surface area contributed by atoms with E-state index in [-0.39, 0.29) is 11.8 Å². The normalized spacial score (nSPS) is 16.8. The second-order valence-corrected chi connectivity index (χ2v) is 6.63. The highest BCUT2D eigenvalue weighted by molar-refractivity contribution is 5.99. The third-order valence-corrected chi connectivity index (χ3v) is 4.34. The highest BCUT2D eigenvalue weighted by Gasteiger charge is 2.24. The minimum atomic E-state index is -0.511. The number of amides is 2. The van der Waals surface area contributed by atoms with Gasteiger partial charge in [-0.1, -0.05) is 12.1 Å². The van der Waals surface area contributed by atoms with Crippen molar-refractivity contribution in [3.05, 3.63) is 47.5 Å². The van der Waals surface area contributed by atoms with E-state index in [0.29, 0.717) is 11.4 Å². The molecule has 0 saturated carbocycles. The Morgan fingerprint density at radius 3 is 2.73 bits per heavy atom. The maximum absolute atomic E-state index is 12.5. The molecule has 0 unspecified atom stereocenters. The topological polar surface area (TPSA) is 79.5 Å². The fourth-order valence-corrected chi connectivity index (χ4v) is 2.73. The lowest BCUT2D eigenvalue weighted by atomic mass is 10.1. The number of rotatable bonds is 4. The molecule has 0 aromatic heterocycles. The zero-order valence-corrected chi connectivity index (χ0v) is 15.3. The summed E-state index contributed by atoms with van der Waals surface area (Å²) in [6, 6.07) is 10.9. The third-order valence-electron chi connectivity index (χ3n) is 4.34. The number of benzene rings is 2. The van der Waals surface area contributed by atoms with Gasteiger partial charge in [-0.05, 0) is 63.1 Å². The van der Waals surface area contributed by atoms with Crippen molar-refractivity contribution in [3.63, 3.8) is 0 Å². The van der Waals surface area contributed by atoms with E-state index < -0.39 is 12.1 Å². The molecule has 6 nitrogen and oxygen atoms in total. The molecule has 0 spiro atoms. The molecular weight excluding hydrogens is 330 g/mol. The van der Waals surface area contributed by atoms with E-state index in [9.17, 15) is 9.59 Å². The van der Waals surface area contributed by atoms with E-state index >= 15 is 0 Å². The fraction of sp³-hybridized carbons (Fsp3) is 0.300. The molecular formula is C20H23N3O3. The molecule has 3 rings (SSSR count). The van der Waals surface area contributed by atoms with Crippen LogP contribution >= 0.6 is 0 Å². The second kappa shape index (κ2) is 7.07. The van der Waals surface area contributed by atoms with Gasteiger partial charge in [-0.2, -0.15) is 0 Å². The van der Waals surface area contributed by atoms with Crippen molar-refractivity contribution in [2.75, 3.05) is 16.0 Å². The largest absolute Gasteiger partial charge is 0.479 e. The zero-order valence-electron chi connectivity index (χ0n) is 15.3. The number of anilines is 3. The number of nitrogens with one attached hydrogen (secondary N) is 3. The zero-order chi connectivity index (χ0) is 18.8. The molecule has 1 heterocycles. The van der Waals surface area contributed by atoms with Gasteiger partial charge in [0.2, 0.25) is 5.91 Å². The van der Waals surface area contributed by atoms with Crippen molar-refractivity contribution in [1.29, 1.82) is 0 Å². The number of aryl methyl sites for hydroxylation is 2. The molecule has 2 aromatic carbocycles. The first-order chi connectivity index (χ1) is 12.3. The maximum Gasteiger partial charge on any atom is 0.265 e. The van der Waals surface area contributed by atoms with E-state index in [0.717, 1.165) is 22.5 Å². The molecule has 0 radical (unpaired) electrons. The van der Waals surface area contributed by atoms with Crippen LogP contribution in [0, 0.1) is 13.8 Å². The number of fused-ring (bicyclic) bond motifs is 1. The van der Waals surface area contributed by atoms with Gasteiger partial charge in [-0.3, -0.25) is 9.59 Å². The van der Waals surface area contributed by atoms with Crippen LogP contribution < -0.4 is 20.7 Å². The number of hydrogen-bond acceptors (Lipinski definition) is 4. The van der Waals surface area contributed by atoms with Crippen LogP contribution in [-0.2, 0) is 9.59 Å². The fourth-order valence-electron chi connectivity index (χ4n) is 2.73. The molecule has 26 heavy (non-hydrogen) atoms. The van der Waals surface area contributed by atoms with Crippen LogP contribution in [-0.4, -0.2) is 24.0 Å². The maximum atomic E-state index is 12.5. The Morgan fingerprint density at radius 2 is 1.96 bits per heavy atom. The van der Waals surface area contributed by atoms with Crippen molar-refractivity contribution in [1.82, 2.24) is 0 Å². The Morgan fingerprint density at radius 1 is 1.19 bits per heavy atom. The minimum Gasteiger partial charge on any atom is -0.479 e. The Balaban J connectivity index is 1.69. The van der Waals surface area contributed by atoms with Gasteiger partial charge in [0.05, 0.1) is 5.69 Å². The standard InChI is InChI=1S/C20H23N3O3/c1-11-5-6-12(2)16(9-11)22-19(24)13(3)21-15-7-8-18-17(10-15)23-20(25)14(4)26-18/h5-10,13-14,21H,1-4H3,(H,22,24)(H,23,25)/t13-,14+/m1/s1. The van der Waals surface area contributed by atoms with Gasteiger partial charge in [-0.15, -0.1) is 0 Å². The van der Waals surface area contributed by atoms with Crippen molar-refractivity contribution >= 4 is 28.9 Å². The summed E-state index contributed by atoms with van der Waals surface area (Å²) < 4.78 is 5.54. The predicted octanol–water partition coefficient (Wildman–Crippen LogP) is 3.46. The number of ether oxygens (including phenoxy) is 1. The Bertz CT molecular complexity index is 863. The summed E-state index contributed by atoms with van der Waals surface area (Å²) in [5.74, 6) is 0.302. The summed E-state index contributed by atoms with van der Waals surface area (Å²) in [4.78, 5) is 24.2. The summed E-state index contributed by atoms with van der Waals surface area (Å²) in [5.41, 5.74) is 4.24. The summed E-state index contributed by atoms with van der Waals surface area (Å²) in [6.07, 6.45) is -0.511. The first kappa shape index (κ1) is 17.8. The van der Waals surface area contributed by atoms with Gasteiger partial charge in [0, 0.05) is 11.4 Å². The molecule has 2 amide bonds. The molecule has 3 N–H and O–H groups in total. The van der Waals surface area contributed by atoms with Crippen molar-refractivity contribution < 1.29 is 14.3 Å². The monoisotopic (exact) mass is 353 g/mol. The molecule has 0 saturated heterocycles. The predicted molar refractivity (Wildman–Crippen MR) is 103 cm³/mol. The first-order valence-corrected chi connectivity index (χ1v) is 8.59. The Labute approximate surface area is 152 Å². The van der Waals surface area contributed by atoms with Crippen molar-refractivity contribution in [2.45, 2.75) is 39.8 Å². The van der Waals surface area contributed by atoms with Crippen LogP contribution in [0.4, 0.5) is 17.1 Å². The van der Waals surface area contributed by atoms with E-state index in [2.05, 4.69) is 16.0 Å². The van der Waals surface area contributed by atoms with E-state index in [1.54, 1.807) is 26.0 Å². The van der Waals surface area contributed by atoms with Crippen LogP contribution in [0.1, 0.15) is 25.0 Å². The Hall–Kier alpha value is -3.02. The Kier molecular flexibility index (Phi) is 4.84. The van der Waals surface area contributed by atoms with E-state index in [1.165, 1.54) is 0 Å². The van der Waals surface area contributed by atoms with Gasteiger partial charge < -0.3 is 20.7 Å². The summed E-state index contributed by atoms with van der Waals surface area (Å²) in [7, 11) is 0. The van der Waals surface area contributed by atoms with Gasteiger partial charge in [0.25, 0.3) is 5.91 Å². The van der Waals surface area contributed by atoms with Crippen LogP contribution in [0.25, 0.3) is 0 Å². The lowest BCUT2D eigenvalue weighted by Gasteiger charge is -2.24. The van der Waals surface area contributed by atoms with Crippen LogP contribution in [0.3, 0.4) is 0 Å². The van der Waals surface area contributed by atoms with E-state index in [4.69, 9.17) is 4.74 Å². The molecule has 0 bridgehead atoms. The summed E-state index contributed by atoms with van der Waals surface area (Å²) >= 11 is 0. The summed E-state index contributed by atoms with van der Waals surface area (Å²) in [6.45, 7) is 7.43. The number of carbonyl (C=O) groups excluding carboxylic acids is 2. The van der Waals surface area contributed by atoms with Gasteiger partial charge in [0.1, 0.15) is 11.8 Å². The molecule has 2 atom stereocenters. The van der Waals surface area contributed by atoms with Crippen LogP contribution in [0.2, 0.25) is 0 Å². The first-order valence-electron chi connectivity index (χ1n) is 8.59. The molecule has 1 aliphatic rings. The molecule has 0 aliphatic carbocycles. The number of hydrogen-bond donors (Lipinski definition) is 3. The van der Waals surface area contributed by atoms with Gasteiger partial charge >= 0.3 is 0 Å². The highest BCUT2D eigenvalue weighted by Crippen LogP contribution is 2.32. The molecule has 6 heteroatoms. The lowest BCUT2D eigenvalue weighted by Crippen LogP contribution is -2.34.